The summed E-state index contributed by atoms with van der Waals surface area (Å²) in [6.07, 6.45) is 1.95. The molecule has 0 saturated heterocycles. The van der Waals surface area contributed by atoms with Gasteiger partial charge in [-0.25, -0.2) is 4.98 Å². The van der Waals surface area contributed by atoms with Crippen LogP contribution in [0, 0.1) is 0 Å². The van der Waals surface area contributed by atoms with E-state index in [0.717, 1.165) is 25.5 Å². The molecule has 2 heterocycles. The minimum absolute atomic E-state index is 0.920. The van der Waals surface area contributed by atoms with Gasteiger partial charge in [0, 0.05) is 32.9 Å². The van der Waals surface area contributed by atoms with Crippen LogP contribution >= 0.6 is 0 Å². The third kappa shape index (κ3) is 2.22. The van der Waals surface area contributed by atoms with Gasteiger partial charge in [0.1, 0.15) is 5.82 Å². The number of rotatable bonds is 3. The summed E-state index contributed by atoms with van der Waals surface area (Å²) in [5, 5.41) is 3.04. The van der Waals surface area contributed by atoms with E-state index in [1.807, 2.05) is 19.3 Å². The molecule has 3 heteroatoms. The highest BCUT2D eigenvalue weighted by molar-refractivity contribution is 5.35. The summed E-state index contributed by atoms with van der Waals surface area (Å²) in [5.74, 6) is 0.920. The van der Waals surface area contributed by atoms with Crippen LogP contribution in [0.3, 0.4) is 0 Å². The van der Waals surface area contributed by atoms with Gasteiger partial charge in [0.05, 0.1) is 0 Å². The average molecular weight is 239 g/mol. The van der Waals surface area contributed by atoms with Crippen LogP contribution in [0.25, 0.3) is 0 Å². The standard InChI is InChI=1S/C15H17N3/c1-16-15-7-6-12(8-17-15)9-18-10-13-4-2-3-5-14(13)11-18/h2-8H,9-11H2,1H3,(H,16,17). The molecule has 18 heavy (non-hydrogen) atoms. The van der Waals surface area contributed by atoms with Crippen molar-refractivity contribution in [3.8, 4) is 0 Å². The van der Waals surface area contributed by atoms with Crippen molar-refractivity contribution >= 4 is 5.82 Å². The zero-order chi connectivity index (χ0) is 12.4. The lowest BCUT2D eigenvalue weighted by atomic mass is 10.1. The maximum absolute atomic E-state index is 4.35. The molecule has 1 aliphatic heterocycles. The first kappa shape index (κ1) is 11.2. The molecule has 0 unspecified atom stereocenters. The third-order valence-electron chi connectivity index (χ3n) is 3.39. The molecule has 1 N–H and O–H groups in total. The Morgan fingerprint density at radius 2 is 1.83 bits per heavy atom. The molecule has 92 valence electrons. The lowest BCUT2D eigenvalue weighted by Crippen LogP contribution is -2.15. The van der Waals surface area contributed by atoms with Gasteiger partial charge in [-0.1, -0.05) is 30.3 Å². The third-order valence-corrected chi connectivity index (χ3v) is 3.39. The summed E-state index contributed by atoms with van der Waals surface area (Å²) in [4.78, 5) is 6.80. The van der Waals surface area contributed by atoms with Crippen LogP contribution < -0.4 is 5.32 Å². The lowest BCUT2D eigenvalue weighted by molar-refractivity contribution is 0.275. The maximum atomic E-state index is 4.35. The van der Waals surface area contributed by atoms with E-state index in [0.29, 0.717) is 0 Å². The van der Waals surface area contributed by atoms with E-state index in [9.17, 15) is 0 Å². The van der Waals surface area contributed by atoms with Gasteiger partial charge in [-0.3, -0.25) is 4.90 Å². The number of anilines is 1. The average Bonchev–Trinajstić information content (AvgIpc) is 2.82. The number of pyridine rings is 1. The fourth-order valence-electron chi connectivity index (χ4n) is 2.44. The van der Waals surface area contributed by atoms with Crippen LogP contribution in [0.1, 0.15) is 16.7 Å². The molecular weight excluding hydrogens is 222 g/mol. The molecule has 0 amide bonds. The zero-order valence-corrected chi connectivity index (χ0v) is 10.6. The molecule has 0 fully saturated rings. The van der Waals surface area contributed by atoms with E-state index in [1.54, 1.807) is 0 Å². The van der Waals surface area contributed by atoms with Crippen molar-refractivity contribution < 1.29 is 0 Å². The van der Waals surface area contributed by atoms with E-state index in [4.69, 9.17) is 0 Å². The quantitative estimate of drug-likeness (QED) is 0.892. The first-order chi connectivity index (χ1) is 8.85. The number of benzene rings is 1. The number of fused-ring (bicyclic) bond motifs is 1. The maximum Gasteiger partial charge on any atom is 0.125 e. The second-order valence-electron chi connectivity index (χ2n) is 4.72. The summed E-state index contributed by atoms with van der Waals surface area (Å²) < 4.78 is 0. The second-order valence-corrected chi connectivity index (χ2v) is 4.72. The Labute approximate surface area is 107 Å². The van der Waals surface area contributed by atoms with Gasteiger partial charge >= 0.3 is 0 Å². The predicted molar refractivity (Wildman–Crippen MR) is 73.2 cm³/mol. The molecule has 0 bridgehead atoms. The van der Waals surface area contributed by atoms with Crippen LogP contribution in [0.2, 0.25) is 0 Å². The molecule has 0 atom stereocenters. The summed E-state index contributed by atoms with van der Waals surface area (Å²) in [6.45, 7) is 3.06. The zero-order valence-electron chi connectivity index (χ0n) is 10.6. The first-order valence-corrected chi connectivity index (χ1v) is 6.27. The molecule has 1 aromatic heterocycles. The summed E-state index contributed by atoms with van der Waals surface area (Å²) in [7, 11) is 1.89. The highest BCUT2D eigenvalue weighted by atomic mass is 15.1. The summed E-state index contributed by atoms with van der Waals surface area (Å²) in [5.41, 5.74) is 4.18. The molecule has 0 aliphatic carbocycles. The fourth-order valence-corrected chi connectivity index (χ4v) is 2.44. The van der Waals surface area contributed by atoms with Crippen LogP contribution in [0.5, 0.6) is 0 Å². The Bertz CT molecular complexity index is 509. The van der Waals surface area contributed by atoms with Gasteiger partial charge in [0.2, 0.25) is 0 Å². The SMILES string of the molecule is CNc1ccc(CN2Cc3ccccc3C2)cn1. The van der Waals surface area contributed by atoms with Crippen molar-refractivity contribution in [2.24, 2.45) is 0 Å². The monoisotopic (exact) mass is 239 g/mol. The van der Waals surface area contributed by atoms with Crippen molar-refractivity contribution in [2.75, 3.05) is 12.4 Å². The van der Waals surface area contributed by atoms with E-state index in [1.165, 1.54) is 16.7 Å². The van der Waals surface area contributed by atoms with Gasteiger partial charge in [0.15, 0.2) is 0 Å². The molecule has 3 nitrogen and oxygen atoms in total. The Kier molecular flexibility index (Phi) is 2.99. The van der Waals surface area contributed by atoms with Gasteiger partial charge < -0.3 is 5.32 Å². The first-order valence-electron chi connectivity index (χ1n) is 6.27. The van der Waals surface area contributed by atoms with Crippen LogP contribution in [0.4, 0.5) is 5.82 Å². The van der Waals surface area contributed by atoms with E-state index >= 15 is 0 Å². The van der Waals surface area contributed by atoms with Gasteiger partial charge in [-0.2, -0.15) is 0 Å². The van der Waals surface area contributed by atoms with Crippen molar-refractivity contribution in [2.45, 2.75) is 19.6 Å². The Morgan fingerprint density at radius 1 is 1.11 bits per heavy atom. The van der Waals surface area contributed by atoms with Gasteiger partial charge in [0.25, 0.3) is 0 Å². The molecule has 0 spiro atoms. The highest BCUT2D eigenvalue weighted by Crippen LogP contribution is 2.23. The molecule has 0 radical (unpaired) electrons. The van der Waals surface area contributed by atoms with Crippen molar-refractivity contribution in [3.05, 3.63) is 59.3 Å². The fraction of sp³-hybridized carbons (Fsp3) is 0.267. The second kappa shape index (κ2) is 4.78. The highest BCUT2D eigenvalue weighted by Gasteiger charge is 2.17. The lowest BCUT2D eigenvalue weighted by Gasteiger charge is -2.14. The van der Waals surface area contributed by atoms with Crippen LogP contribution in [-0.4, -0.2) is 16.9 Å². The van der Waals surface area contributed by atoms with Crippen LogP contribution in [0.15, 0.2) is 42.6 Å². The molecule has 1 aromatic carbocycles. The summed E-state index contributed by atoms with van der Waals surface area (Å²) in [6, 6.07) is 12.8. The van der Waals surface area contributed by atoms with Crippen molar-refractivity contribution in [3.63, 3.8) is 0 Å². The normalized spacial score (nSPS) is 14.5. The predicted octanol–water partition coefficient (Wildman–Crippen LogP) is 2.64. The number of aromatic nitrogens is 1. The van der Waals surface area contributed by atoms with Crippen molar-refractivity contribution in [1.82, 2.24) is 9.88 Å². The molecule has 3 rings (SSSR count). The van der Waals surface area contributed by atoms with Crippen LogP contribution in [-0.2, 0) is 19.6 Å². The topological polar surface area (TPSA) is 28.2 Å². The van der Waals surface area contributed by atoms with Crippen molar-refractivity contribution in [1.29, 1.82) is 0 Å². The summed E-state index contributed by atoms with van der Waals surface area (Å²) >= 11 is 0. The van der Waals surface area contributed by atoms with E-state index in [2.05, 4.69) is 45.5 Å². The minimum Gasteiger partial charge on any atom is -0.373 e. The minimum atomic E-state index is 0.920. The number of hydrogen-bond acceptors (Lipinski definition) is 3. The van der Waals surface area contributed by atoms with Gasteiger partial charge in [-0.05, 0) is 22.8 Å². The number of hydrogen-bond donors (Lipinski definition) is 1. The van der Waals surface area contributed by atoms with E-state index in [-0.39, 0.29) is 0 Å². The smallest absolute Gasteiger partial charge is 0.125 e. The largest absolute Gasteiger partial charge is 0.373 e. The Morgan fingerprint density at radius 3 is 2.39 bits per heavy atom. The molecule has 2 aromatic rings. The number of nitrogens with one attached hydrogen (secondary N) is 1. The Balaban J connectivity index is 1.68. The molecule has 0 saturated carbocycles. The van der Waals surface area contributed by atoms with E-state index < -0.39 is 0 Å². The molecule has 1 aliphatic rings. The van der Waals surface area contributed by atoms with Gasteiger partial charge in [-0.15, -0.1) is 0 Å². The Hall–Kier alpha value is -1.87. The number of nitrogens with zero attached hydrogens (tertiary/aromatic N) is 2. The molecular formula is C15H17N3.